The van der Waals surface area contributed by atoms with Gasteiger partial charge in [0.15, 0.2) is 6.10 Å². The zero-order valence-electron chi connectivity index (χ0n) is 11.9. The predicted molar refractivity (Wildman–Crippen MR) is 84.3 cm³/mol. The Labute approximate surface area is 135 Å². The van der Waals surface area contributed by atoms with Crippen LogP contribution in [0.2, 0.25) is 0 Å². The van der Waals surface area contributed by atoms with E-state index in [4.69, 9.17) is 4.74 Å². The Morgan fingerprint density at radius 2 is 2.14 bits per heavy atom. The Morgan fingerprint density at radius 1 is 1.48 bits per heavy atom. The van der Waals surface area contributed by atoms with E-state index in [1.54, 1.807) is 12.1 Å². The molecule has 1 amide bonds. The molecule has 1 aromatic carbocycles. The van der Waals surface area contributed by atoms with Crippen molar-refractivity contribution in [3.63, 3.8) is 0 Å². The highest BCUT2D eigenvalue weighted by Crippen LogP contribution is 2.39. The summed E-state index contributed by atoms with van der Waals surface area (Å²) in [5.41, 5.74) is 0.598. The summed E-state index contributed by atoms with van der Waals surface area (Å²) in [5, 5.41) is 12.3. The van der Waals surface area contributed by atoms with Crippen molar-refractivity contribution < 1.29 is 19.4 Å². The Balaban J connectivity index is 2.07. The number of carbonyl (C=O) groups is 2. The molecule has 1 aromatic rings. The Bertz CT molecular complexity index is 597. The largest absolute Gasteiger partial charge is 0.459 e. The quantitative estimate of drug-likeness (QED) is 0.629. The number of carbonyl (C=O) groups excluding carboxylic acids is 2. The first kappa shape index (κ1) is 16.3. The standard InChI is InChI=1S/C14H16BrNO4S/c1-14(2,3)20-11(17)6-21-10-5-9-7(4-8(10)15)12(18)13(19)16-9/h4-5,12,18H,6H2,1-3H3,(H,16,19). The molecule has 0 spiro atoms. The minimum Gasteiger partial charge on any atom is -0.459 e. The van der Waals surface area contributed by atoms with Gasteiger partial charge in [-0.2, -0.15) is 0 Å². The maximum Gasteiger partial charge on any atom is 0.316 e. The third-order valence-corrected chi connectivity index (χ3v) is 4.62. The van der Waals surface area contributed by atoms with Crippen molar-refractivity contribution in [1.82, 2.24) is 0 Å². The second-order valence-corrected chi connectivity index (χ2v) is 7.51. The van der Waals surface area contributed by atoms with Crippen molar-refractivity contribution >= 4 is 45.3 Å². The summed E-state index contributed by atoms with van der Waals surface area (Å²) in [6.45, 7) is 5.45. The number of aliphatic hydroxyl groups excluding tert-OH is 1. The van der Waals surface area contributed by atoms with Gasteiger partial charge in [-0.1, -0.05) is 0 Å². The topological polar surface area (TPSA) is 75.6 Å². The van der Waals surface area contributed by atoms with Crippen molar-refractivity contribution in [3.05, 3.63) is 22.2 Å². The average Bonchev–Trinajstić information content (AvgIpc) is 2.61. The molecule has 1 atom stereocenters. The zero-order chi connectivity index (χ0) is 15.8. The van der Waals surface area contributed by atoms with Crippen LogP contribution in [0.15, 0.2) is 21.5 Å². The van der Waals surface area contributed by atoms with E-state index in [9.17, 15) is 14.7 Å². The maximum absolute atomic E-state index is 11.7. The van der Waals surface area contributed by atoms with E-state index in [0.717, 1.165) is 9.37 Å². The number of aliphatic hydroxyl groups is 1. The van der Waals surface area contributed by atoms with Gasteiger partial charge in [0.05, 0.1) is 5.75 Å². The lowest BCUT2D eigenvalue weighted by molar-refractivity contribution is -0.151. The van der Waals surface area contributed by atoms with Gasteiger partial charge in [-0.05, 0) is 48.8 Å². The van der Waals surface area contributed by atoms with Crippen LogP contribution in [0.3, 0.4) is 0 Å². The SMILES string of the molecule is CC(C)(C)OC(=O)CSc1cc2c(cc1Br)C(O)C(=O)N2. The number of thioether (sulfide) groups is 1. The van der Waals surface area contributed by atoms with Crippen LogP contribution in [-0.4, -0.2) is 28.3 Å². The molecule has 114 valence electrons. The van der Waals surface area contributed by atoms with Gasteiger partial charge >= 0.3 is 5.97 Å². The first-order chi connectivity index (χ1) is 9.67. The van der Waals surface area contributed by atoms with Gasteiger partial charge in [-0.3, -0.25) is 9.59 Å². The van der Waals surface area contributed by atoms with Gasteiger partial charge in [0.2, 0.25) is 0 Å². The van der Waals surface area contributed by atoms with E-state index in [-0.39, 0.29) is 11.7 Å². The number of halogens is 1. The summed E-state index contributed by atoms with van der Waals surface area (Å²) in [6.07, 6.45) is -1.14. The second-order valence-electron chi connectivity index (χ2n) is 5.64. The van der Waals surface area contributed by atoms with E-state index in [2.05, 4.69) is 21.2 Å². The highest BCUT2D eigenvalue weighted by molar-refractivity contribution is 9.10. The molecule has 5 nitrogen and oxygen atoms in total. The van der Waals surface area contributed by atoms with Crippen LogP contribution in [0.25, 0.3) is 0 Å². The fourth-order valence-corrected chi connectivity index (χ4v) is 3.30. The first-order valence-corrected chi connectivity index (χ1v) is 8.12. The van der Waals surface area contributed by atoms with Crippen LogP contribution in [0.4, 0.5) is 5.69 Å². The number of fused-ring (bicyclic) bond motifs is 1. The van der Waals surface area contributed by atoms with Gasteiger partial charge < -0.3 is 15.2 Å². The normalized spacial score (nSPS) is 17.4. The van der Waals surface area contributed by atoms with Gasteiger partial charge in [0.25, 0.3) is 5.91 Å². The number of ether oxygens (including phenoxy) is 1. The molecule has 21 heavy (non-hydrogen) atoms. The second kappa shape index (κ2) is 5.98. The van der Waals surface area contributed by atoms with Crippen molar-refractivity contribution in [2.24, 2.45) is 0 Å². The highest BCUT2D eigenvalue weighted by Gasteiger charge is 2.29. The number of hydrogen-bond acceptors (Lipinski definition) is 5. The molecule has 1 heterocycles. The lowest BCUT2D eigenvalue weighted by Crippen LogP contribution is -2.24. The highest BCUT2D eigenvalue weighted by atomic mass is 79.9. The first-order valence-electron chi connectivity index (χ1n) is 6.34. The summed E-state index contributed by atoms with van der Waals surface area (Å²) in [5.74, 6) is -0.569. The minimum absolute atomic E-state index is 0.172. The number of esters is 1. The molecular formula is C14H16BrNO4S. The Hall–Kier alpha value is -1.05. The summed E-state index contributed by atoms with van der Waals surface area (Å²) >= 11 is 4.70. The number of nitrogens with one attached hydrogen (secondary N) is 1. The molecule has 2 N–H and O–H groups in total. The molecule has 0 aromatic heterocycles. The number of amides is 1. The van der Waals surface area contributed by atoms with Gasteiger partial charge in [-0.25, -0.2) is 0 Å². The molecule has 2 rings (SSSR count). The van der Waals surface area contributed by atoms with Gasteiger partial charge in [-0.15, -0.1) is 11.8 Å². The summed E-state index contributed by atoms with van der Waals surface area (Å²) in [6, 6.07) is 3.43. The molecule has 0 saturated carbocycles. The lowest BCUT2D eigenvalue weighted by atomic mass is 10.1. The van der Waals surface area contributed by atoms with Crippen molar-refractivity contribution in [3.8, 4) is 0 Å². The summed E-state index contributed by atoms with van der Waals surface area (Å²) in [4.78, 5) is 23.9. The molecule has 0 saturated heterocycles. The van der Waals surface area contributed by atoms with E-state index in [1.165, 1.54) is 11.8 Å². The number of anilines is 1. The fourth-order valence-electron chi connectivity index (χ4n) is 1.86. The molecule has 1 unspecified atom stereocenters. The zero-order valence-corrected chi connectivity index (χ0v) is 14.3. The molecule has 0 fully saturated rings. The smallest absolute Gasteiger partial charge is 0.316 e. The molecule has 0 aliphatic carbocycles. The van der Waals surface area contributed by atoms with Crippen molar-refractivity contribution in [1.29, 1.82) is 0 Å². The number of rotatable bonds is 3. The average molecular weight is 374 g/mol. The monoisotopic (exact) mass is 373 g/mol. The van der Waals surface area contributed by atoms with E-state index < -0.39 is 17.6 Å². The van der Waals surface area contributed by atoms with Crippen molar-refractivity contribution in [2.45, 2.75) is 37.4 Å². The van der Waals surface area contributed by atoms with Gasteiger partial charge in [0.1, 0.15) is 5.60 Å². The van der Waals surface area contributed by atoms with Crippen LogP contribution >= 0.6 is 27.7 Å². The van der Waals surface area contributed by atoms with Crippen LogP contribution < -0.4 is 5.32 Å². The predicted octanol–water partition coefficient (Wildman–Crippen LogP) is 2.87. The molecule has 0 bridgehead atoms. The molecule has 0 radical (unpaired) electrons. The third kappa shape index (κ3) is 3.99. The number of benzene rings is 1. The third-order valence-electron chi connectivity index (χ3n) is 2.67. The molecule has 1 aliphatic rings. The van der Waals surface area contributed by atoms with Crippen molar-refractivity contribution in [2.75, 3.05) is 11.1 Å². The van der Waals surface area contributed by atoms with Crippen LogP contribution in [0.1, 0.15) is 32.4 Å². The van der Waals surface area contributed by atoms with Gasteiger partial charge in [0, 0.05) is 20.6 Å². The lowest BCUT2D eigenvalue weighted by Gasteiger charge is -2.19. The fraction of sp³-hybridized carbons (Fsp3) is 0.429. The Kier molecular flexibility index (Phi) is 4.65. The van der Waals surface area contributed by atoms with E-state index in [1.807, 2.05) is 20.8 Å². The molecule has 7 heteroatoms. The minimum atomic E-state index is -1.14. The van der Waals surface area contributed by atoms with E-state index >= 15 is 0 Å². The van der Waals surface area contributed by atoms with Crippen LogP contribution in [-0.2, 0) is 14.3 Å². The summed E-state index contributed by atoms with van der Waals surface area (Å²) < 4.78 is 5.97. The van der Waals surface area contributed by atoms with Crippen LogP contribution in [0, 0.1) is 0 Å². The summed E-state index contributed by atoms with van der Waals surface area (Å²) in [7, 11) is 0. The van der Waals surface area contributed by atoms with Crippen LogP contribution in [0.5, 0.6) is 0 Å². The number of hydrogen-bond donors (Lipinski definition) is 2. The van der Waals surface area contributed by atoms with E-state index in [0.29, 0.717) is 11.3 Å². The Morgan fingerprint density at radius 3 is 2.76 bits per heavy atom. The molecule has 1 aliphatic heterocycles. The maximum atomic E-state index is 11.7. The molecular weight excluding hydrogens is 358 g/mol.